The zero-order valence-electron chi connectivity index (χ0n) is 7.01. The van der Waals surface area contributed by atoms with E-state index in [1.807, 2.05) is 6.20 Å². The van der Waals surface area contributed by atoms with Gasteiger partial charge in [0.2, 0.25) is 0 Å². The molecule has 1 aromatic rings. The van der Waals surface area contributed by atoms with E-state index in [0.29, 0.717) is 5.92 Å². The van der Waals surface area contributed by atoms with Crippen LogP contribution in [0.5, 0.6) is 0 Å². The van der Waals surface area contributed by atoms with E-state index >= 15 is 0 Å². The summed E-state index contributed by atoms with van der Waals surface area (Å²) < 4.78 is 0. The number of anilines is 1. The number of nitrogens with two attached hydrogens (primary N) is 1. The molecule has 0 amide bonds. The Labute approximate surface area is 71.5 Å². The summed E-state index contributed by atoms with van der Waals surface area (Å²) in [5, 5.41) is 10.0. The van der Waals surface area contributed by atoms with Crippen molar-refractivity contribution in [2.24, 2.45) is 0 Å². The Morgan fingerprint density at radius 1 is 1.42 bits per heavy atom. The Kier molecular flexibility index (Phi) is 1.99. The van der Waals surface area contributed by atoms with Crippen LogP contribution < -0.4 is 11.1 Å². The van der Waals surface area contributed by atoms with Gasteiger partial charge in [-0.25, -0.2) is 0 Å². The highest BCUT2D eigenvalue weighted by Gasteiger charge is 2.18. The predicted molar refractivity (Wildman–Crippen MR) is 47.8 cm³/mol. The van der Waals surface area contributed by atoms with Crippen molar-refractivity contribution >= 4 is 5.82 Å². The smallest absolute Gasteiger partial charge is 0.122 e. The first-order valence-electron chi connectivity index (χ1n) is 4.37. The van der Waals surface area contributed by atoms with Crippen LogP contribution in [0.25, 0.3) is 0 Å². The van der Waals surface area contributed by atoms with Crippen LogP contribution in [0.15, 0.2) is 6.20 Å². The monoisotopic (exact) mass is 166 g/mol. The Balaban J connectivity index is 2.13. The van der Waals surface area contributed by atoms with E-state index in [4.69, 9.17) is 5.73 Å². The zero-order valence-corrected chi connectivity index (χ0v) is 7.01. The fraction of sp³-hybridized carbons (Fsp3) is 0.625. The standard InChI is InChI=1S/C8H14N4/c9-8-7(5-11-12-8)6-1-3-10-4-2-6/h5-6,10H,1-4H2,(H3,9,11,12). The molecule has 2 rings (SSSR count). The van der Waals surface area contributed by atoms with Gasteiger partial charge in [-0.05, 0) is 31.8 Å². The van der Waals surface area contributed by atoms with Gasteiger partial charge in [0.1, 0.15) is 5.82 Å². The predicted octanol–water partition coefficient (Wildman–Crippen LogP) is 0.459. The van der Waals surface area contributed by atoms with Crippen LogP contribution in [0, 0.1) is 0 Å². The lowest BCUT2D eigenvalue weighted by molar-refractivity contribution is 0.461. The summed E-state index contributed by atoms with van der Waals surface area (Å²) in [7, 11) is 0. The van der Waals surface area contributed by atoms with Crippen LogP contribution in [0.3, 0.4) is 0 Å². The first-order chi connectivity index (χ1) is 5.88. The summed E-state index contributed by atoms with van der Waals surface area (Å²) in [6.45, 7) is 2.19. The SMILES string of the molecule is Nc1[nH]ncc1C1CCNCC1. The molecular formula is C8H14N4. The summed E-state index contributed by atoms with van der Waals surface area (Å²) in [5.41, 5.74) is 6.92. The normalized spacial score (nSPS) is 19.7. The van der Waals surface area contributed by atoms with Crippen molar-refractivity contribution in [2.45, 2.75) is 18.8 Å². The van der Waals surface area contributed by atoms with Crippen molar-refractivity contribution in [2.75, 3.05) is 18.8 Å². The van der Waals surface area contributed by atoms with Crippen molar-refractivity contribution in [3.05, 3.63) is 11.8 Å². The van der Waals surface area contributed by atoms with Gasteiger partial charge in [0.15, 0.2) is 0 Å². The van der Waals surface area contributed by atoms with Crippen LogP contribution in [0.2, 0.25) is 0 Å². The summed E-state index contributed by atoms with van der Waals surface area (Å²) in [5.74, 6) is 1.34. The van der Waals surface area contributed by atoms with Gasteiger partial charge in [-0.2, -0.15) is 5.10 Å². The lowest BCUT2D eigenvalue weighted by atomic mass is 9.92. The van der Waals surface area contributed by atoms with Crippen LogP contribution in [-0.2, 0) is 0 Å². The quantitative estimate of drug-likeness (QED) is 0.567. The third-order valence-corrected chi connectivity index (χ3v) is 2.48. The van der Waals surface area contributed by atoms with Crippen molar-refractivity contribution in [3.63, 3.8) is 0 Å². The molecule has 4 N–H and O–H groups in total. The topological polar surface area (TPSA) is 66.7 Å². The molecule has 0 radical (unpaired) electrons. The molecule has 1 saturated heterocycles. The molecule has 2 heterocycles. The minimum Gasteiger partial charge on any atom is -0.384 e. The molecule has 4 nitrogen and oxygen atoms in total. The fourth-order valence-electron chi connectivity index (χ4n) is 1.76. The lowest BCUT2D eigenvalue weighted by Gasteiger charge is -2.21. The van der Waals surface area contributed by atoms with Crippen molar-refractivity contribution in [1.82, 2.24) is 15.5 Å². The molecule has 0 bridgehead atoms. The summed E-state index contributed by atoms with van der Waals surface area (Å²) in [6.07, 6.45) is 4.19. The highest BCUT2D eigenvalue weighted by atomic mass is 15.1. The van der Waals surface area contributed by atoms with Gasteiger partial charge < -0.3 is 11.1 Å². The second-order valence-electron chi connectivity index (χ2n) is 3.26. The second kappa shape index (κ2) is 3.15. The van der Waals surface area contributed by atoms with E-state index in [1.54, 1.807) is 0 Å². The molecule has 0 saturated carbocycles. The number of hydrogen-bond acceptors (Lipinski definition) is 3. The number of aromatic nitrogens is 2. The Morgan fingerprint density at radius 2 is 2.17 bits per heavy atom. The average Bonchev–Trinajstić information content (AvgIpc) is 2.53. The summed E-state index contributed by atoms with van der Waals surface area (Å²) in [6, 6.07) is 0. The van der Waals surface area contributed by atoms with Gasteiger partial charge in [0, 0.05) is 5.56 Å². The molecule has 4 heteroatoms. The maximum atomic E-state index is 5.73. The van der Waals surface area contributed by atoms with E-state index in [0.717, 1.165) is 18.9 Å². The van der Waals surface area contributed by atoms with Crippen LogP contribution in [-0.4, -0.2) is 23.3 Å². The Morgan fingerprint density at radius 3 is 2.75 bits per heavy atom. The molecule has 1 aliphatic rings. The number of piperidine rings is 1. The largest absolute Gasteiger partial charge is 0.384 e. The van der Waals surface area contributed by atoms with E-state index in [1.165, 1.54) is 18.4 Å². The van der Waals surface area contributed by atoms with Crippen LogP contribution in [0.4, 0.5) is 5.82 Å². The van der Waals surface area contributed by atoms with E-state index < -0.39 is 0 Å². The van der Waals surface area contributed by atoms with E-state index in [2.05, 4.69) is 15.5 Å². The van der Waals surface area contributed by atoms with Gasteiger partial charge in [-0.1, -0.05) is 0 Å². The van der Waals surface area contributed by atoms with Crippen molar-refractivity contribution in [1.29, 1.82) is 0 Å². The highest BCUT2D eigenvalue weighted by molar-refractivity contribution is 5.39. The number of nitrogens with zero attached hydrogens (tertiary/aromatic N) is 1. The minimum atomic E-state index is 0.602. The first-order valence-corrected chi connectivity index (χ1v) is 4.37. The number of hydrogen-bond donors (Lipinski definition) is 3. The fourth-order valence-corrected chi connectivity index (χ4v) is 1.76. The first kappa shape index (κ1) is 7.61. The molecule has 1 aliphatic heterocycles. The van der Waals surface area contributed by atoms with Crippen LogP contribution in [0.1, 0.15) is 24.3 Å². The molecule has 1 fully saturated rings. The third-order valence-electron chi connectivity index (χ3n) is 2.48. The third kappa shape index (κ3) is 1.30. The number of nitrogens with one attached hydrogen (secondary N) is 2. The lowest BCUT2D eigenvalue weighted by Crippen LogP contribution is -2.26. The minimum absolute atomic E-state index is 0.602. The Hall–Kier alpha value is -1.03. The molecule has 1 aromatic heterocycles. The van der Waals surface area contributed by atoms with Crippen molar-refractivity contribution in [3.8, 4) is 0 Å². The number of H-pyrrole nitrogens is 1. The summed E-state index contributed by atoms with van der Waals surface area (Å²) in [4.78, 5) is 0. The van der Waals surface area contributed by atoms with Crippen molar-refractivity contribution < 1.29 is 0 Å². The van der Waals surface area contributed by atoms with Crippen LogP contribution >= 0.6 is 0 Å². The van der Waals surface area contributed by atoms with Gasteiger partial charge in [0.25, 0.3) is 0 Å². The average molecular weight is 166 g/mol. The summed E-state index contributed by atoms with van der Waals surface area (Å²) >= 11 is 0. The van der Waals surface area contributed by atoms with Gasteiger partial charge in [0.05, 0.1) is 6.20 Å². The zero-order chi connectivity index (χ0) is 8.39. The maximum Gasteiger partial charge on any atom is 0.122 e. The highest BCUT2D eigenvalue weighted by Crippen LogP contribution is 2.27. The van der Waals surface area contributed by atoms with Gasteiger partial charge in [-0.15, -0.1) is 0 Å². The number of aromatic amines is 1. The molecule has 12 heavy (non-hydrogen) atoms. The van der Waals surface area contributed by atoms with Gasteiger partial charge >= 0.3 is 0 Å². The number of rotatable bonds is 1. The Bertz CT molecular complexity index is 249. The molecule has 0 aliphatic carbocycles. The second-order valence-corrected chi connectivity index (χ2v) is 3.26. The van der Waals surface area contributed by atoms with Gasteiger partial charge in [-0.3, -0.25) is 5.10 Å². The molecule has 0 spiro atoms. The molecular weight excluding hydrogens is 152 g/mol. The van der Waals surface area contributed by atoms with E-state index in [-0.39, 0.29) is 0 Å². The molecule has 0 atom stereocenters. The van der Waals surface area contributed by atoms with E-state index in [9.17, 15) is 0 Å². The molecule has 66 valence electrons. The maximum absolute atomic E-state index is 5.73. The molecule has 0 aromatic carbocycles. The molecule has 0 unspecified atom stereocenters. The number of nitrogen functional groups attached to an aromatic ring is 1.